The molecule has 0 atom stereocenters. The summed E-state index contributed by atoms with van der Waals surface area (Å²) >= 11 is 0. The van der Waals surface area contributed by atoms with Gasteiger partial charge in [0.2, 0.25) is 6.16 Å². The molecule has 0 saturated heterocycles. The summed E-state index contributed by atoms with van der Waals surface area (Å²) in [6, 6.07) is 0. The van der Waals surface area contributed by atoms with Crippen molar-refractivity contribution in [2.45, 2.75) is 6.92 Å². The van der Waals surface area contributed by atoms with Crippen LogP contribution >= 0.6 is 0 Å². The number of rotatable bonds is 0. The average Bonchev–Trinajstić information content (AvgIpc) is 1.25. The molecule has 0 bridgehead atoms. The molecular formula is C3H5Li3O6. The normalized spacial score (nSPS) is 4.08. The Bertz CT molecular complexity index is 76.0. The maximum Gasteiger partial charge on any atom is 1.00 e. The topological polar surface area (TPSA) is 130 Å². The Morgan fingerprint density at radius 1 is 1.08 bits per heavy atom. The first-order chi connectivity index (χ1) is 3.46. The van der Waals surface area contributed by atoms with Crippen LogP contribution in [0.5, 0.6) is 0 Å². The molecule has 0 fully saturated rings. The van der Waals surface area contributed by atoms with Crippen LogP contribution in [0.3, 0.4) is 0 Å². The van der Waals surface area contributed by atoms with E-state index in [1.165, 1.54) is 0 Å². The second kappa shape index (κ2) is 30.0. The minimum absolute atomic E-state index is 0. The van der Waals surface area contributed by atoms with Crippen LogP contribution in [0.4, 0.5) is 4.79 Å². The van der Waals surface area contributed by atoms with Crippen molar-refractivity contribution < 1.29 is 87.0 Å². The van der Waals surface area contributed by atoms with E-state index in [4.69, 9.17) is 24.9 Å². The Kier molecular flexibility index (Phi) is 97.9. The van der Waals surface area contributed by atoms with Crippen molar-refractivity contribution >= 4 is 12.1 Å². The fraction of sp³-hybridized carbons (Fsp3) is 0.333. The van der Waals surface area contributed by atoms with Crippen molar-refractivity contribution in [2.75, 3.05) is 0 Å². The molecule has 0 aromatic carbocycles. The van der Waals surface area contributed by atoms with E-state index in [9.17, 15) is 0 Å². The van der Waals surface area contributed by atoms with E-state index in [1.54, 1.807) is 0 Å². The van der Waals surface area contributed by atoms with Gasteiger partial charge >= 0.3 is 56.6 Å². The van der Waals surface area contributed by atoms with Crippen molar-refractivity contribution in [2.24, 2.45) is 0 Å². The number of hydrogen-bond donors (Lipinski definition) is 1. The quantitative estimate of drug-likeness (QED) is 0.348. The van der Waals surface area contributed by atoms with Crippen LogP contribution in [-0.2, 0) is 4.79 Å². The summed E-state index contributed by atoms with van der Waals surface area (Å²) < 4.78 is 0. The predicted molar refractivity (Wildman–Crippen MR) is 20.6 cm³/mol. The smallest absolute Gasteiger partial charge is 0.870 e. The Hall–Kier alpha value is 0.492. The molecule has 6 nitrogen and oxygen atoms in total. The summed E-state index contributed by atoms with van der Waals surface area (Å²) in [5.41, 5.74) is 0. The molecule has 0 aliphatic heterocycles. The summed E-state index contributed by atoms with van der Waals surface area (Å²) in [6.45, 7) is 0.972. The van der Waals surface area contributed by atoms with E-state index in [2.05, 4.69) is 0 Å². The van der Waals surface area contributed by atoms with Gasteiger partial charge in [-0.3, -0.25) is 0 Å². The first-order valence-electron chi connectivity index (χ1n) is 1.54. The van der Waals surface area contributed by atoms with E-state index in [-0.39, 0.29) is 62.1 Å². The van der Waals surface area contributed by atoms with Crippen LogP contribution in [0, 0.1) is 0 Å². The fourth-order valence-corrected chi connectivity index (χ4v) is 0. The van der Waals surface area contributed by atoms with Crippen LogP contribution in [-0.4, -0.2) is 22.7 Å². The molecule has 0 aromatic heterocycles. The van der Waals surface area contributed by atoms with Crippen molar-refractivity contribution in [1.82, 2.24) is 0 Å². The molecule has 0 unspecified atom stereocenters. The van der Waals surface area contributed by atoms with Gasteiger partial charge in [-0.1, -0.05) is 0 Å². The number of aliphatic carboxylic acids is 1. The SMILES string of the molecule is CC(=O)[O-].O=C([O-])O.[Li+].[Li+].[Li+].[OH-]. The van der Waals surface area contributed by atoms with Gasteiger partial charge in [0.15, 0.2) is 0 Å². The molecule has 56 valence electrons. The molecule has 0 aliphatic carbocycles. The minimum atomic E-state index is -2.08. The number of carboxylic acids is 1. The fourth-order valence-electron chi connectivity index (χ4n) is 0. The van der Waals surface area contributed by atoms with Crippen LogP contribution in [0.25, 0.3) is 0 Å². The van der Waals surface area contributed by atoms with E-state index in [1.807, 2.05) is 0 Å². The monoisotopic (exact) mass is 158 g/mol. The molecule has 0 spiro atoms. The molecule has 0 rings (SSSR count). The first-order valence-corrected chi connectivity index (χ1v) is 1.54. The third-order valence-corrected chi connectivity index (χ3v) is 0. The molecule has 0 saturated carbocycles. The summed E-state index contributed by atoms with van der Waals surface area (Å²) in [5, 5.41) is 24.2. The third-order valence-electron chi connectivity index (χ3n) is 0. The number of hydrogen-bond acceptors (Lipinski definition) is 5. The zero-order valence-electron chi connectivity index (χ0n) is 7.53. The van der Waals surface area contributed by atoms with Crippen molar-refractivity contribution in [1.29, 1.82) is 0 Å². The second-order valence-corrected chi connectivity index (χ2v) is 0.757. The van der Waals surface area contributed by atoms with E-state index in [0.717, 1.165) is 6.92 Å². The maximum absolute atomic E-state index is 8.89. The van der Waals surface area contributed by atoms with Gasteiger partial charge in [0.1, 0.15) is 0 Å². The average molecular weight is 158 g/mol. The first kappa shape index (κ1) is 39.1. The number of carboxylic acid groups (broad SMARTS) is 3. The van der Waals surface area contributed by atoms with E-state index in [0.29, 0.717) is 0 Å². The maximum atomic E-state index is 8.89. The molecule has 9 heteroatoms. The van der Waals surface area contributed by atoms with Crippen LogP contribution in [0.2, 0.25) is 0 Å². The third kappa shape index (κ3) is 3900. The van der Waals surface area contributed by atoms with Crippen molar-refractivity contribution in [3.8, 4) is 0 Å². The second-order valence-electron chi connectivity index (χ2n) is 0.757. The van der Waals surface area contributed by atoms with Crippen molar-refractivity contribution in [3.05, 3.63) is 0 Å². The van der Waals surface area contributed by atoms with Crippen LogP contribution in [0.15, 0.2) is 0 Å². The summed E-state index contributed by atoms with van der Waals surface area (Å²) in [4.78, 5) is 17.3. The minimum Gasteiger partial charge on any atom is -0.870 e. The van der Waals surface area contributed by atoms with Gasteiger partial charge in [0.25, 0.3) is 0 Å². The molecule has 0 radical (unpaired) electrons. The molecular weight excluding hydrogens is 153 g/mol. The van der Waals surface area contributed by atoms with Crippen LogP contribution < -0.4 is 66.8 Å². The van der Waals surface area contributed by atoms with Gasteiger partial charge in [0, 0.05) is 5.97 Å². The van der Waals surface area contributed by atoms with Gasteiger partial charge in [-0.05, 0) is 6.92 Å². The number of carbonyl (C=O) groups is 2. The zero-order valence-corrected chi connectivity index (χ0v) is 7.53. The van der Waals surface area contributed by atoms with Crippen LogP contribution in [0.1, 0.15) is 6.92 Å². The van der Waals surface area contributed by atoms with Gasteiger partial charge < -0.3 is 30.4 Å². The molecule has 0 aromatic rings. The van der Waals surface area contributed by atoms with Crippen molar-refractivity contribution in [3.63, 3.8) is 0 Å². The molecule has 0 heterocycles. The molecule has 0 amide bonds. The Balaban J connectivity index is -0.0000000112. The Morgan fingerprint density at radius 3 is 1.08 bits per heavy atom. The molecule has 2 N–H and O–H groups in total. The summed E-state index contributed by atoms with van der Waals surface area (Å²) in [5.74, 6) is -1.08. The van der Waals surface area contributed by atoms with Gasteiger partial charge in [-0.15, -0.1) is 0 Å². The standard InChI is InChI=1S/C2H4O2.CH2O3.3Li.H2O/c1-2(3)4;2-1(3)4;;;;/h1H3,(H,3,4);(H2,2,3,4);;;;1H2/q;;3*+1;/p-3. The van der Waals surface area contributed by atoms with E-state index < -0.39 is 12.1 Å². The van der Waals surface area contributed by atoms with Gasteiger partial charge in [-0.25, -0.2) is 0 Å². The van der Waals surface area contributed by atoms with Gasteiger partial charge in [0.05, 0.1) is 0 Å². The summed E-state index contributed by atoms with van der Waals surface area (Å²) in [6.07, 6.45) is -2.08. The molecule has 12 heavy (non-hydrogen) atoms. The Morgan fingerprint density at radius 2 is 1.08 bits per heavy atom. The van der Waals surface area contributed by atoms with Gasteiger partial charge in [-0.2, -0.15) is 0 Å². The number of carbonyl (C=O) groups excluding carboxylic acids is 1. The Labute approximate surface area is 106 Å². The zero-order chi connectivity index (χ0) is 7.15. The van der Waals surface area contributed by atoms with E-state index >= 15 is 0 Å². The molecule has 0 aliphatic rings. The largest absolute Gasteiger partial charge is 1.00 e. The summed E-state index contributed by atoms with van der Waals surface area (Å²) in [7, 11) is 0. The predicted octanol–water partition coefficient (Wildman–Crippen LogP) is -11.5.